The summed E-state index contributed by atoms with van der Waals surface area (Å²) in [4.78, 5) is 12.2. The third-order valence-electron chi connectivity index (χ3n) is 3.81. The molecule has 0 aliphatic rings. The molecule has 0 radical (unpaired) electrons. The Labute approximate surface area is 171 Å². The molecule has 0 bridgehead atoms. The van der Waals surface area contributed by atoms with E-state index in [0.717, 1.165) is 0 Å². The largest absolute Gasteiger partial charge is 0.488 e. The average molecular weight is 417 g/mol. The molecule has 7 heteroatoms. The van der Waals surface area contributed by atoms with Gasteiger partial charge in [-0.25, -0.2) is 9.82 Å². The molecule has 0 saturated carbocycles. The fourth-order valence-electron chi connectivity index (χ4n) is 2.38. The molecule has 1 amide bonds. The highest BCUT2D eigenvalue weighted by atomic mass is 35.5. The Hall–Kier alpha value is -2.89. The Balaban J connectivity index is 1.67. The molecule has 0 atom stereocenters. The molecule has 0 aliphatic heterocycles. The van der Waals surface area contributed by atoms with Crippen molar-refractivity contribution in [1.29, 1.82) is 0 Å². The van der Waals surface area contributed by atoms with Crippen LogP contribution in [0.2, 0.25) is 10.0 Å². The summed E-state index contributed by atoms with van der Waals surface area (Å²) in [6, 6.07) is 18.1. The van der Waals surface area contributed by atoms with Gasteiger partial charge in [-0.3, -0.25) is 4.79 Å². The summed E-state index contributed by atoms with van der Waals surface area (Å²) < 4.78 is 19.4. The summed E-state index contributed by atoms with van der Waals surface area (Å²) in [5.41, 5.74) is 3.73. The molecule has 0 fully saturated rings. The molecule has 28 heavy (non-hydrogen) atoms. The predicted molar refractivity (Wildman–Crippen MR) is 109 cm³/mol. The maximum atomic E-state index is 13.7. The summed E-state index contributed by atoms with van der Waals surface area (Å²) in [5, 5.41) is 4.61. The Bertz CT molecular complexity index is 1020. The fraction of sp³-hybridized carbons (Fsp3) is 0.0476. The van der Waals surface area contributed by atoms with Gasteiger partial charge in [0.2, 0.25) is 0 Å². The summed E-state index contributed by atoms with van der Waals surface area (Å²) in [6.45, 7) is 0.0737. The average Bonchev–Trinajstić information content (AvgIpc) is 2.68. The number of amides is 1. The zero-order valence-electron chi connectivity index (χ0n) is 14.5. The molecule has 0 aromatic heterocycles. The second kappa shape index (κ2) is 9.35. The maximum Gasteiger partial charge on any atom is 0.272 e. The van der Waals surface area contributed by atoms with Gasteiger partial charge in [0.15, 0.2) is 0 Å². The summed E-state index contributed by atoms with van der Waals surface area (Å²) in [6.07, 6.45) is 1.44. The van der Waals surface area contributed by atoms with E-state index in [1.165, 1.54) is 24.4 Å². The van der Waals surface area contributed by atoms with Crippen LogP contribution in [-0.4, -0.2) is 12.1 Å². The van der Waals surface area contributed by atoms with E-state index >= 15 is 0 Å². The van der Waals surface area contributed by atoms with Crippen LogP contribution in [0, 0.1) is 5.82 Å². The van der Waals surface area contributed by atoms with Crippen LogP contribution in [0.25, 0.3) is 0 Å². The van der Waals surface area contributed by atoms with Crippen LogP contribution in [0.3, 0.4) is 0 Å². The van der Waals surface area contributed by atoms with Gasteiger partial charge in [0.1, 0.15) is 18.2 Å². The first kappa shape index (κ1) is 19.9. The maximum absolute atomic E-state index is 13.7. The Morgan fingerprint density at radius 1 is 1.07 bits per heavy atom. The molecular formula is C21H15Cl2FN2O2. The van der Waals surface area contributed by atoms with E-state index in [1.54, 1.807) is 48.5 Å². The highest BCUT2D eigenvalue weighted by Gasteiger charge is 2.10. The first-order chi connectivity index (χ1) is 13.5. The van der Waals surface area contributed by atoms with Crippen LogP contribution in [0.5, 0.6) is 5.75 Å². The van der Waals surface area contributed by atoms with Gasteiger partial charge in [0, 0.05) is 16.1 Å². The second-order valence-electron chi connectivity index (χ2n) is 5.74. The van der Waals surface area contributed by atoms with Crippen LogP contribution < -0.4 is 10.2 Å². The summed E-state index contributed by atoms with van der Waals surface area (Å²) >= 11 is 11.8. The van der Waals surface area contributed by atoms with Crippen molar-refractivity contribution in [1.82, 2.24) is 5.43 Å². The minimum absolute atomic E-state index is 0.0737. The molecule has 0 heterocycles. The Kier molecular flexibility index (Phi) is 6.63. The van der Waals surface area contributed by atoms with Crippen LogP contribution in [0.1, 0.15) is 21.5 Å². The standard InChI is InChI=1S/C21H15Cl2FN2O2/c22-16-9-10-17(18(23)11-16)21(27)26-25-12-14-5-2-4-8-20(14)28-13-15-6-1-3-7-19(15)24/h1-12H,13H2,(H,26,27)/b25-12+. The normalized spacial score (nSPS) is 10.8. The smallest absolute Gasteiger partial charge is 0.272 e. The molecule has 0 saturated heterocycles. The number of nitrogens with zero attached hydrogens (tertiary/aromatic N) is 1. The van der Waals surface area contributed by atoms with Crippen LogP contribution >= 0.6 is 23.2 Å². The molecule has 3 aromatic rings. The number of hydrazone groups is 1. The number of carbonyl (C=O) groups excluding carboxylic acids is 1. The van der Waals surface area contributed by atoms with Crippen molar-refractivity contribution in [3.8, 4) is 5.75 Å². The molecular weight excluding hydrogens is 402 g/mol. The monoisotopic (exact) mass is 416 g/mol. The van der Waals surface area contributed by atoms with Crippen LogP contribution in [-0.2, 0) is 6.61 Å². The molecule has 0 spiro atoms. The van der Waals surface area contributed by atoms with Gasteiger partial charge in [-0.1, -0.05) is 53.5 Å². The number of halogens is 3. The van der Waals surface area contributed by atoms with E-state index in [-0.39, 0.29) is 23.0 Å². The SMILES string of the molecule is O=C(N/N=C/c1ccccc1OCc1ccccc1F)c1ccc(Cl)cc1Cl. The van der Waals surface area contributed by atoms with Crippen molar-refractivity contribution in [2.75, 3.05) is 0 Å². The van der Waals surface area contributed by atoms with Crippen molar-refractivity contribution >= 4 is 35.3 Å². The van der Waals surface area contributed by atoms with E-state index in [0.29, 0.717) is 21.9 Å². The molecule has 0 unspecified atom stereocenters. The first-order valence-corrected chi connectivity index (χ1v) is 9.04. The van der Waals surface area contributed by atoms with Crippen molar-refractivity contribution in [3.63, 3.8) is 0 Å². The van der Waals surface area contributed by atoms with Gasteiger partial charge >= 0.3 is 0 Å². The number of hydrogen-bond acceptors (Lipinski definition) is 3. The number of hydrogen-bond donors (Lipinski definition) is 1. The quantitative estimate of drug-likeness (QED) is 0.427. The topological polar surface area (TPSA) is 50.7 Å². The van der Waals surface area contributed by atoms with Crippen molar-refractivity contribution in [2.45, 2.75) is 6.61 Å². The lowest BCUT2D eigenvalue weighted by Crippen LogP contribution is -2.18. The van der Waals surface area contributed by atoms with E-state index in [2.05, 4.69) is 10.5 Å². The van der Waals surface area contributed by atoms with Crippen molar-refractivity contribution in [2.24, 2.45) is 5.10 Å². The van der Waals surface area contributed by atoms with Gasteiger partial charge in [0.05, 0.1) is 16.8 Å². The van der Waals surface area contributed by atoms with Gasteiger partial charge in [-0.15, -0.1) is 0 Å². The second-order valence-corrected chi connectivity index (χ2v) is 6.58. The Morgan fingerprint density at radius 2 is 1.82 bits per heavy atom. The third kappa shape index (κ3) is 5.09. The zero-order valence-corrected chi connectivity index (χ0v) is 16.0. The molecule has 3 aromatic carbocycles. The predicted octanol–water partition coefficient (Wildman–Crippen LogP) is 5.48. The zero-order chi connectivity index (χ0) is 19.9. The van der Waals surface area contributed by atoms with Gasteiger partial charge in [-0.2, -0.15) is 5.10 Å². The lowest BCUT2D eigenvalue weighted by Gasteiger charge is -2.09. The van der Waals surface area contributed by atoms with E-state index in [4.69, 9.17) is 27.9 Å². The molecule has 4 nitrogen and oxygen atoms in total. The van der Waals surface area contributed by atoms with Crippen LogP contribution in [0.15, 0.2) is 71.8 Å². The fourth-order valence-corrected chi connectivity index (χ4v) is 2.88. The van der Waals surface area contributed by atoms with E-state index in [9.17, 15) is 9.18 Å². The summed E-state index contributed by atoms with van der Waals surface area (Å²) in [5.74, 6) is -0.295. The molecule has 1 N–H and O–H groups in total. The van der Waals surface area contributed by atoms with Gasteiger partial charge in [-0.05, 0) is 36.4 Å². The highest BCUT2D eigenvalue weighted by molar-refractivity contribution is 6.36. The van der Waals surface area contributed by atoms with Crippen molar-refractivity contribution in [3.05, 3.63) is 99.3 Å². The minimum atomic E-state index is -0.470. The minimum Gasteiger partial charge on any atom is -0.488 e. The number of rotatable bonds is 6. The van der Waals surface area contributed by atoms with Gasteiger partial charge in [0.25, 0.3) is 5.91 Å². The summed E-state index contributed by atoms with van der Waals surface area (Å²) in [7, 11) is 0. The number of carbonyl (C=O) groups is 1. The number of benzene rings is 3. The van der Waals surface area contributed by atoms with Gasteiger partial charge < -0.3 is 4.74 Å². The molecule has 142 valence electrons. The number of para-hydroxylation sites is 1. The van der Waals surface area contributed by atoms with Crippen molar-refractivity contribution < 1.29 is 13.9 Å². The molecule has 3 rings (SSSR count). The van der Waals surface area contributed by atoms with E-state index < -0.39 is 5.91 Å². The highest BCUT2D eigenvalue weighted by Crippen LogP contribution is 2.21. The number of nitrogens with one attached hydrogen (secondary N) is 1. The third-order valence-corrected chi connectivity index (χ3v) is 4.35. The van der Waals surface area contributed by atoms with Crippen LogP contribution in [0.4, 0.5) is 4.39 Å². The number of ether oxygens (including phenoxy) is 1. The first-order valence-electron chi connectivity index (χ1n) is 8.28. The lowest BCUT2D eigenvalue weighted by atomic mass is 10.2. The molecule has 0 aliphatic carbocycles. The van der Waals surface area contributed by atoms with E-state index in [1.807, 2.05) is 0 Å². The Morgan fingerprint density at radius 3 is 2.61 bits per heavy atom. The lowest BCUT2D eigenvalue weighted by molar-refractivity contribution is 0.0955.